The number of aliphatic carboxylic acids is 1. The minimum atomic E-state index is -3.27. The van der Waals surface area contributed by atoms with E-state index in [2.05, 4.69) is 0 Å². The first kappa shape index (κ1) is 18.4. The summed E-state index contributed by atoms with van der Waals surface area (Å²) < 4.78 is 26.2. The molecular weight excluding hydrogens is 290 g/mol. The van der Waals surface area contributed by atoms with E-state index in [1.165, 1.54) is 4.31 Å². The second kappa shape index (κ2) is 6.65. The molecular formula is C15H29NO4S. The maximum atomic E-state index is 12.3. The van der Waals surface area contributed by atoms with Crippen LogP contribution in [0.4, 0.5) is 0 Å². The Morgan fingerprint density at radius 1 is 1.24 bits per heavy atom. The Labute approximate surface area is 128 Å². The van der Waals surface area contributed by atoms with E-state index in [4.69, 9.17) is 0 Å². The molecule has 21 heavy (non-hydrogen) atoms. The predicted molar refractivity (Wildman–Crippen MR) is 83.6 cm³/mol. The van der Waals surface area contributed by atoms with E-state index in [0.717, 1.165) is 6.42 Å². The standard InChI is InChI=1S/C15H29NO4S/c1-5-6-15(13(17)18)7-10-16(11-8-15)21(19,20)12-9-14(2,3)4/h5-12H2,1-4H3,(H,17,18). The van der Waals surface area contributed by atoms with Crippen LogP contribution in [0.3, 0.4) is 0 Å². The maximum Gasteiger partial charge on any atom is 0.309 e. The highest BCUT2D eigenvalue weighted by molar-refractivity contribution is 7.89. The van der Waals surface area contributed by atoms with Gasteiger partial charge in [-0.3, -0.25) is 4.79 Å². The van der Waals surface area contributed by atoms with Crippen molar-refractivity contribution in [2.24, 2.45) is 10.8 Å². The highest BCUT2D eigenvalue weighted by atomic mass is 32.2. The fourth-order valence-corrected chi connectivity index (χ4v) is 4.67. The molecule has 0 spiro atoms. The first-order valence-corrected chi connectivity index (χ1v) is 9.35. The Hall–Kier alpha value is -0.620. The third-order valence-corrected chi connectivity index (χ3v) is 6.24. The maximum absolute atomic E-state index is 12.3. The van der Waals surface area contributed by atoms with Gasteiger partial charge in [0.15, 0.2) is 0 Å². The van der Waals surface area contributed by atoms with Gasteiger partial charge in [0.25, 0.3) is 0 Å². The van der Waals surface area contributed by atoms with Gasteiger partial charge in [0.05, 0.1) is 11.2 Å². The van der Waals surface area contributed by atoms with Crippen molar-refractivity contribution in [1.82, 2.24) is 4.31 Å². The SMILES string of the molecule is CCCC1(C(=O)O)CCN(S(=O)(=O)CCC(C)(C)C)CC1. The number of hydrogen-bond donors (Lipinski definition) is 1. The fourth-order valence-electron chi connectivity index (χ4n) is 2.81. The summed E-state index contributed by atoms with van der Waals surface area (Å²) in [6, 6.07) is 0. The van der Waals surface area contributed by atoms with Crippen LogP contribution < -0.4 is 0 Å². The van der Waals surface area contributed by atoms with Crippen LogP contribution in [0.15, 0.2) is 0 Å². The molecule has 0 saturated carbocycles. The number of carboxylic acid groups (broad SMARTS) is 1. The molecule has 0 aromatic rings. The molecule has 1 rings (SSSR count). The molecule has 0 aromatic heterocycles. The van der Waals surface area contributed by atoms with Gasteiger partial charge in [-0.25, -0.2) is 12.7 Å². The molecule has 1 N–H and O–H groups in total. The van der Waals surface area contributed by atoms with Gasteiger partial charge in [0.2, 0.25) is 10.0 Å². The predicted octanol–water partition coefficient (Wildman–Crippen LogP) is 2.72. The van der Waals surface area contributed by atoms with Crippen LogP contribution in [0.25, 0.3) is 0 Å². The van der Waals surface area contributed by atoms with Crippen LogP contribution in [0.2, 0.25) is 0 Å². The molecule has 0 amide bonds. The Bertz CT molecular complexity index is 457. The second-order valence-corrected chi connectivity index (χ2v) is 9.45. The topological polar surface area (TPSA) is 74.7 Å². The van der Waals surface area contributed by atoms with E-state index < -0.39 is 21.4 Å². The number of nitrogens with zero attached hydrogens (tertiary/aromatic N) is 1. The summed E-state index contributed by atoms with van der Waals surface area (Å²) in [6.45, 7) is 8.70. The minimum Gasteiger partial charge on any atom is -0.481 e. The molecule has 6 heteroatoms. The van der Waals surface area contributed by atoms with Crippen molar-refractivity contribution in [2.45, 2.75) is 59.8 Å². The average molecular weight is 319 g/mol. The molecule has 1 aliphatic heterocycles. The summed E-state index contributed by atoms with van der Waals surface area (Å²) >= 11 is 0. The molecule has 0 aromatic carbocycles. The van der Waals surface area contributed by atoms with E-state index in [1.54, 1.807) is 0 Å². The van der Waals surface area contributed by atoms with Crippen molar-refractivity contribution in [3.8, 4) is 0 Å². The van der Waals surface area contributed by atoms with Crippen molar-refractivity contribution >= 4 is 16.0 Å². The number of hydrogen-bond acceptors (Lipinski definition) is 3. The van der Waals surface area contributed by atoms with Gasteiger partial charge in [-0.15, -0.1) is 0 Å². The lowest BCUT2D eigenvalue weighted by Gasteiger charge is -2.38. The monoisotopic (exact) mass is 319 g/mol. The summed E-state index contributed by atoms with van der Waals surface area (Å²) in [4.78, 5) is 11.5. The zero-order valence-electron chi connectivity index (χ0n) is 13.7. The van der Waals surface area contributed by atoms with Crippen LogP contribution in [-0.4, -0.2) is 42.6 Å². The van der Waals surface area contributed by atoms with Gasteiger partial charge in [-0.1, -0.05) is 34.1 Å². The lowest BCUT2D eigenvalue weighted by molar-refractivity contribution is -0.152. The number of piperidine rings is 1. The van der Waals surface area contributed by atoms with Crippen molar-refractivity contribution in [2.75, 3.05) is 18.8 Å². The zero-order chi connectivity index (χ0) is 16.3. The number of sulfonamides is 1. The van der Waals surface area contributed by atoms with Gasteiger partial charge < -0.3 is 5.11 Å². The number of carbonyl (C=O) groups is 1. The highest BCUT2D eigenvalue weighted by Gasteiger charge is 2.42. The first-order chi connectivity index (χ1) is 9.52. The van der Waals surface area contributed by atoms with Gasteiger partial charge in [-0.2, -0.15) is 0 Å². The minimum absolute atomic E-state index is 0.0180. The molecule has 5 nitrogen and oxygen atoms in total. The average Bonchev–Trinajstić information content (AvgIpc) is 2.36. The molecule has 1 fully saturated rings. The van der Waals surface area contributed by atoms with Crippen LogP contribution in [0.5, 0.6) is 0 Å². The Balaban J connectivity index is 2.69. The molecule has 1 aliphatic rings. The van der Waals surface area contributed by atoms with E-state index >= 15 is 0 Å². The van der Waals surface area contributed by atoms with Crippen molar-refractivity contribution in [3.05, 3.63) is 0 Å². The number of rotatable bonds is 6. The largest absolute Gasteiger partial charge is 0.481 e. The van der Waals surface area contributed by atoms with Crippen molar-refractivity contribution in [1.29, 1.82) is 0 Å². The van der Waals surface area contributed by atoms with Gasteiger partial charge >= 0.3 is 5.97 Å². The van der Waals surface area contributed by atoms with Crippen molar-refractivity contribution in [3.63, 3.8) is 0 Å². The van der Waals surface area contributed by atoms with Crippen LogP contribution >= 0.6 is 0 Å². The fraction of sp³-hybridized carbons (Fsp3) is 0.933. The summed E-state index contributed by atoms with van der Waals surface area (Å²) in [5.74, 6) is -0.638. The zero-order valence-corrected chi connectivity index (χ0v) is 14.5. The van der Waals surface area contributed by atoms with Crippen LogP contribution in [-0.2, 0) is 14.8 Å². The summed E-state index contributed by atoms with van der Waals surface area (Å²) in [6.07, 6.45) is 2.89. The molecule has 0 aliphatic carbocycles. The van der Waals surface area contributed by atoms with Gasteiger partial charge in [-0.05, 0) is 31.1 Å². The molecule has 124 valence electrons. The van der Waals surface area contributed by atoms with Crippen LogP contribution in [0.1, 0.15) is 59.8 Å². The highest BCUT2D eigenvalue weighted by Crippen LogP contribution is 2.37. The smallest absolute Gasteiger partial charge is 0.309 e. The molecule has 1 saturated heterocycles. The third kappa shape index (κ3) is 4.95. The lowest BCUT2D eigenvalue weighted by Crippen LogP contribution is -2.47. The molecule has 0 radical (unpaired) electrons. The molecule has 0 bridgehead atoms. The first-order valence-electron chi connectivity index (χ1n) is 7.74. The molecule has 1 heterocycles. The summed E-state index contributed by atoms with van der Waals surface area (Å²) in [5.41, 5.74) is -0.749. The van der Waals surface area contributed by atoms with Gasteiger partial charge in [0.1, 0.15) is 0 Å². The summed E-state index contributed by atoms with van der Waals surface area (Å²) in [7, 11) is -3.27. The Kier molecular flexibility index (Phi) is 5.83. The van der Waals surface area contributed by atoms with Crippen LogP contribution in [0, 0.1) is 10.8 Å². The van der Waals surface area contributed by atoms with Gasteiger partial charge in [0, 0.05) is 13.1 Å². The quantitative estimate of drug-likeness (QED) is 0.817. The Morgan fingerprint density at radius 2 is 1.76 bits per heavy atom. The molecule has 0 atom stereocenters. The van der Waals surface area contributed by atoms with E-state index in [0.29, 0.717) is 38.8 Å². The van der Waals surface area contributed by atoms with E-state index in [-0.39, 0.29) is 11.2 Å². The van der Waals surface area contributed by atoms with Crippen molar-refractivity contribution < 1.29 is 18.3 Å². The third-order valence-electron chi connectivity index (χ3n) is 4.37. The van der Waals surface area contributed by atoms with E-state index in [1.807, 2.05) is 27.7 Å². The lowest BCUT2D eigenvalue weighted by atomic mass is 9.75. The second-order valence-electron chi connectivity index (χ2n) is 7.36. The molecule has 0 unspecified atom stereocenters. The Morgan fingerprint density at radius 3 is 2.14 bits per heavy atom. The van der Waals surface area contributed by atoms with E-state index in [9.17, 15) is 18.3 Å². The summed E-state index contributed by atoms with van der Waals surface area (Å²) in [5, 5.41) is 9.45. The number of carboxylic acids is 1. The normalized spacial score (nSPS) is 20.4.